The smallest absolute Gasteiger partial charge is 0.343 e. The molecule has 0 saturated heterocycles. The number of benzene rings is 2. The zero-order valence-electron chi connectivity index (χ0n) is 16.3. The minimum atomic E-state index is -1.97. The number of fused-ring (bicyclic) bond motifs is 4. The van der Waals surface area contributed by atoms with E-state index in [0.717, 1.165) is 27.9 Å². The number of anilines is 3. The van der Waals surface area contributed by atoms with E-state index in [9.17, 15) is 27.2 Å². The van der Waals surface area contributed by atoms with Crippen molar-refractivity contribution in [2.75, 3.05) is 23.5 Å². The lowest BCUT2D eigenvalue weighted by molar-refractivity contribution is 0.0524. The Bertz CT molecular complexity index is 1470. The zero-order valence-corrected chi connectivity index (χ0v) is 16.3. The van der Waals surface area contributed by atoms with Gasteiger partial charge >= 0.3 is 5.97 Å². The number of guanidine groups is 1. The normalized spacial score (nSPS) is 13.9. The van der Waals surface area contributed by atoms with Crippen LogP contribution in [0.5, 0.6) is 0 Å². The van der Waals surface area contributed by atoms with Crippen LogP contribution >= 0.6 is 0 Å². The van der Waals surface area contributed by atoms with Gasteiger partial charge in [0.25, 0.3) is 0 Å². The summed E-state index contributed by atoms with van der Waals surface area (Å²) in [5, 5.41) is 3.24. The van der Waals surface area contributed by atoms with Crippen LogP contribution in [0.4, 0.5) is 39.0 Å². The number of carbonyl (C=O) groups is 1. The lowest BCUT2D eigenvalue weighted by atomic mass is 10.1. The summed E-state index contributed by atoms with van der Waals surface area (Å²) in [6.45, 7) is 1.38. The van der Waals surface area contributed by atoms with Crippen molar-refractivity contribution in [3.8, 4) is 0 Å². The van der Waals surface area contributed by atoms with Crippen molar-refractivity contribution in [3.63, 3.8) is 0 Å². The fourth-order valence-electron chi connectivity index (χ4n) is 3.85. The summed E-state index contributed by atoms with van der Waals surface area (Å²) >= 11 is 0. The number of ether oxygens (including phenoxy) is 1. The Kier molecular flexibility index (Phi) is 4.07. The van der Waals surface area contributed by atoms with Crippen molar-refractivity contribution in [1.29, 1.82) is 0 Å². The molecule has 2 aliphatic rings. The molecule has 0 fully saturated rings. The van der Waals surface area contributed by atoms with Gasteiger partial charge in [-0.15, -0.1) is 5.10 Å². The highest BCUT2D eigenvalue weighted by Crippen LogP contribution is 2.47. The van der Waals surface area contributed by atoms with Gasteiger partial charge in [-0.1, -0.05) is 0 Å². The summed E-state index contributed by atoms with van der Waals surface area (Å²) in [7, 11) is 1.41. The van der Waals surface area contributed by atoms with Crippen LogP contribution in [0, 0.1) is 29.1 Å². The number of rotatable bonds is 2. The largest absolute Gasteiger partial charge is 0.462 e. The van der Waals surface area contributed by atoms with Crippen molar-refractivity contribution in [3.05, 3.63) is 63.2 Å². The van der Waals surface area contributed by atoms with E-state index in [2.05, 4.69) is 5.10 Å². The van der Waals surface area contributed by atoms with Crippen LogP contribution in [-0.4, -0.2) is 30.3 Å². The summed E-state index contributed by atoms with van der Waals surface area (Å²) < 4.78 is 77.8. The van der Waals surface area contributed by atoms with Crippen molar-refractivity contribution in [2.24, 2.45) is 5.10 Å². The van der Waals surface area contributed by atoms with Gasteiger partial charge in [-0.05, 0) is 6.92 Å². The van der Waals surface area contributed by atoms with Crippen molar-refractivity contribution in [2.45, 2.75) is 6.92 Å². The van der Waals surface area contributed by atoms with Gasteiger partial charge in [0.05, 0.1) is 23.4 Å². The minimum absolute atomic E-state index is 0.0568. The van der Waals surface area contributed by atoms with Crippen LogP contribution in [0.15, 0.2) is 28.2 Å². The van der Waals surface area contributed by atoms with Crippen molar-refractivity contribution < 1.29 is 31.5 Å². The molecule has 0 saturated carbocycles. The van der Waals surface area contributed by atoms with E-state index >= 15 is 4.39 Å². The summed E-state index contributed by atoms with van der Waals surface area (Å²) in [5.41, 5.74) is -3.07. The van der Waals surface area contributed by atoms with Gasteiger partial charge in [0.2, 0.25) is 11.4 Å². The van der Waals surface area contributed by atoms with E-state index < -0.39 is 62.6 Å². The molecule has 7 nitrogen and oxygen atoms in total. The molecule has 0 N–H and O–H groups in total. The number of pyridine rings is 1. The monoisotopic (exact) mass is 450 g/mol. The van der Waals surface area contributed by atoms with Gasteiger partial charge < -0.3 is 9.64 Å². The second kappa shape index (κ2) is 6.52. The molecule has 0 unspecified atom stereocenters. The number of carbonyl (C=O) groups excluding carboxylic acids is 1. The van der Waals surface area contributed by atoms with Crippen LogP contribution in [0.2, 0.25) is 0 Å². The number of aromatic nitrogens is 1. The first-order valence-corrected chi connectivity index (χ1v) is 9.22. The fourth-order valence-corrected chi connectivity index (χ4v) is 3.85. The maximum Gasteiger partial charge on any atom is 0.343 e. The predicted molar refractivity (Wildman–Crippen MR) is 104 cm³/mol. The third kappa shape index (κ3) is 2.37. The molecule has 5 rings (SSSR count). The lowest BCUT2D eigenvalue weighted by Gasteiger charge is -2.28. The number of hydrogen-bond donors (Lipinski definition) is 0. The molecule has 164 valence electrons. The predicted octanol–water partition coefficient (Wildman–Crippen LogP) is 3.59. The molecule has 0 atom stereocenters. The van der Waals surface area contributed by atoms with Gasteiger partial charge in [-0.25, -0.2) is 31.4 Å². The Hall–Kier alpha value is -3.96. The van der Waals surface area contributed by atoms with E-state index in [4.69, 9.17) is 4.74 Å². The Morgan fingerprint density at radius 2 is 1.69 bits per heavy atom. The highest BCUT2D eigenvalue weighted by atomic mass is 19.2. The second-order valence-corrected chi connectivity index (χ2v) is 7.00. The van der Waals surface area contributed by atoms with Crippen LogP contribution in [0.1, 0.15) is 17.3 Å². The molecule has 32 heavy (non-hydrogen) atoms. The topological polar surface area (TPSA) is 67.1 Å². The molecular formula is C20H11F5N4O3. The van der Waals surface area contributed by atoms with Crippen molar-refractivity contribution >= 4 is 39.9 Å². The third-order valence-electron chi connectivity index (χ3n) is 5.26. The van der Waals surface area contributed by atoms with Gasteiger partial charge in [-0.3, -0.25) is 9.69 Å². The lowest BCUT2D eigenvalue weighted by Crippen LogP contribution is -2.38. The molecule has 2 aliphatic heterocycles. The van der Waals surface area contributed by atoms with Gasteiger partial charge in [-0.2, -0.15) is 0 Å². The van der Waals surface area contributed by atoms with E-state index in [1.54, 1.807) is 0 Å². The maximum absolute atomic E-state index is 15.1. The number of esters is 1. The Labute approximate surface area is 175 Å². The molecule has 0 radical (unpaired) electrons. The first kappa shape index (κ1) is 20.0. The molecule has 3 heterocycles. The molecular weight excluding hydrogens is 439 g/mol. The third-order valence-corrected chi connectivity index (χ3v) is 5.26. The minimum Gasteiger partial charge on any atom is -0.462 e. The highest BCUT2D eigenvalue weighted by Gasteiger charge is 2.41. The zero-order chi connectivity index (χ0) is 23.1. The fraction of sp³-hybridized carbons (Fsp3) is 0.150. The standard InChI is InChI=1S/C20H11F5N4O3/c1-3-32-19(31)7-6-28-16-12(18(7)30)13(23)14(24)15(25)17(16)29-11-5-9(22)8(21)4-10(11)27(2)20(29)26-28/h4-6H,3H2,1-2H3. The quantitative estimate of drug-likeness (QED) is 0.339. The Morgan fingerprint density at radius 1 is 1.03 bits per heavy atom. The van der Waals surface area contributed by atoms with Crippen LogP contribution in [-0.2, 0) is 4.74 Å². The summed E-state index contributed by atoms with van der Waals surface area (Å²) in [5.74, 6) is -9.17. The maximum atomic E-state index is 15.1. The molecule has 12 heteroatoms. The van der Waals surface area contributed by atoms with E-state index in [1.807, 2.05) is 0 Å². The number of halogens is 5. The average Bonchev–Trinajstić information content (AvgIpc) is 3.01. The summed E-state index contributed by atoms with van der Waals surface area (Å²) in [4.78, 5) is 27.3. The van der Waals surface area contributed by atoms with Crippen molar-refractivity contribution in [1.82, 2.24) is 4.68 Å². The van der Waals surface area contributed by atoms with E-state index in [0.29, 0.717) is 0 Å². The SMILES string of the molecule is CCOC(=O)c1cn2c3c(c(F)c(F)c(F)c3c1=O)N1C(=N2)N(C)c2cc(F)c(F)cc21. The second-order valence-electron chi connectivity index (χ2n) is 7.00. The highest BCUT2D eigenvalue weighted by molar-refractivity contribution is 6.23. The number of hydrogen-bond acceptors (Lipinski definition) is 6. The molecule has 1 aromatic heterocycles. The summed E-state index contributed by atoms with van der Waals surface area (Å²) in [6, 6.07) is 1.58. The summed E-state index contributed by atoms with van der Waals surface area (Å²) in [6.07, 6.45) is 0.908. The van der Waals surface area contributed by atoms with Crippen LogP contribution in [0.3, 0.4) is 0 Å². The Morgan fingerprint density at radius 3 is 2.34 bits per heavy atom. The molecule has 0 aliphatic carbocycles. The molecule has 3 aromatic rings. The average molecular weight is 450 g/mol. The molecule has 0 amide bonds. The first-order valence-electron chi connectivity index (χ1n) is 9.22. The van der Waals surface area contributed by atoms with Gasteiger partial charge in [0.1, 0.15) is 16.8 Å². The van der Waals surface area contributed by atoms with Gasteiger partial charge in [0, 0.05) is 25.4 Å². The molecule has 2 aromatic carbocycles. The van der Waals surface area contributed by atoms with Crippen LogP contribution < -0.4 is 15.2 Å². The molecule has 0 spiro atoms. The Balaban J connectivity index is 1.93. The first-order chi connectivity index (χ1) is 15.2. The van der Waals surface area contributed by atoms with Gasteiger partial charge in [0.15, 0.2) is 29.1 Å². The van der Waals surface area contributed by atoms with E-state index in [1.165, 1.54) is 18.9 Å². The number of nitrogens with zero attached hydrogens (tertiary/aromatic N) is 4. The van der Waals surface area contributed by atoms with Crippen LogP contribution in [0.25, 0.3) is 10.9 Å². The molecule has 0 bridgehead atoms. The van der Waals surface area contributed by atoms with E-state index in [-0.39, 0.29) is 23.9 Å².